The Labute approximate surface area is 111 Å². The first-order valence-electron chi connectivity index (χ1n) is 7.07. The lowest BCUT2D eigenvalue weighted by Crippen LogP contribution is -2.53. The molecule has 1 aliphatic heterocycles. The van der Waals surface area contributed by atoms with Crippen LogP contribution in [0.2, 0.25) is 0 Å². The number of hydrogen-bond donors (Lipinski definition) is 2. The Hall–Kier alpha value is -0.650. The highest BCUT2D eigenvalue weighted by Crippen LogP contribution is 2.08. The molecule has 1 heterocycles. The number of hydrogen-bond acceptors (Lipinski definition) is 4. The third-order valence-electron chi connectivity index (χ3n) is 3.76. The number of nitrogens with zero attached hydrogens (tertiary/aromatic N) is 2. The van der Waals surface area contributed by atoms with Crippen LogP contribution in [0.1, 0.15) is 26.2 Å². The number of piperazine rings is 1. The number of carbonyl (C=O) groups is 1. The number of unbranched alkanes of at least 4 members (excludes halogenated alkanes) is 2. The van der Waals surface area contributed by atoms with Crippen LogP contribution in [0.15, 0.2) is 0 Å². The Morgan fingerprint density at radius 1 is 1.22 bits per heavy atom. The number of carbonyl (C=O) groups excluding carboxylic acids is 1. The zero-order valence-corrected chi connectivity index (χ0v) is 11.8. The van der Waals surface area contributed by atoms with Crippen molar-refractivity contribution in [2.75, 3.05) is 46.3 Å². The Kier molecular flexibility index (Phi) is 7.23. The van der Waals surface area contributed by atoms with Crippen molar-refractivity contribution < 1.29 is 4.79 Å². The predicted octanol–water partition coefficient (Wildman–Crippen LogP) is -0.132. The van der Waals surface area contributed by atoms with Gasteiger partial charge in [0.25, 0.3) is 0 Å². The maximum atomic E-state index is 11.6. The van der Waals surface area contributed by atoms with Crippen molar-refractivity contribution in [2.24, 2.45) is 5.73 Å². The van der Waals surface area contributed by atoms with E-state index < -0.39 is 0 Å². The molecule has 1 saturated heterocycles. The number of nitrogens with two attached hydrogens (primary N) is 1. The molecule has 1 amide bonds. The molecule has 3 N–H and O–H groups in total. The Morgan fingerprint density at radius 3 is 2.44 bits per heavy atom. The van der Waals surface area contributed by atoms with E-state index in [2.05, 4.69) is 15.1 Å². The van der Waals surface area contributed by atoms with E-state index in [4.69, 9.17) is 5.73 Å². The van der Waals surface area contributed by atoms with E-state index in [0.717, 1.165) is 39.1 Å². The van der Waals surface area contributed by atoms with Gasteiger partial charge >= 0.3 is 0 Å². The lowest BCUT2D eigenvalue weighted by molar-refractivity contribution is -0.126. The molecule has 0 aromatic heterocycles. The molecule has 0 aliphatic carbocycles. The summed E-state index contributed by atoms with van der Waals surface area (Å²) < 4.78 is 0. The highest BCUT2D eigenvalue weighted by atomic mass is 16.2. The second kappa shape index (κ2) is 8.45. The number of rotatable bonds is 7. The van der Waals surface area contributed by atoms with E-state index in [0.29, 0.717) is 0 Å². The highest BCUT2D eigenvalue weighted by Gasteiger charge is 2.24. The number of nitrogens with one attached hydrogen (secondary N) is 1. The molecule has 5 heteroatoms. The summed E-state index contributed by atoms with van der Waals surface area (Å²) >= 11 is 0. The zero-order valence-electron chi connectivity index (χ0n) is 11.8. The molecule has 0 saturated carbocycles. The SMILES string of the molecule is CNC(=O)C(C)N1CCN(CCCCCN)CC1. The summed E-state index contributed by atoms with van der Waals surface area (Å²) in [7, 11) is 1.70. The van der Waals surface area contributed by atoms with Crippen LogP contribution in [-0.4, -0.2) is 68.1 Å². The normalized spacial score (nSPS) is 19.7. The van der Waals surface area contributed by atoms with Gasteiger partial charge in [-0.3, -0.25) is 9.69 Å². The molecule has 1 rings (SSSR count). The summed E-state index contributed by atoms with van der Waals surface area (Å²) in [6, 6.07) is -0.00519. The van der Waals surface area contributed by atoms with Crippen molar-refractivity contribution in [3.05, 3.63) is 0 Å². The molecule has 1 aliphatic rings. The summed E-state index contributed by atoms with van der Waals surface area (Å²) in [6.07, 6.45) is 3.60. The zero-order chi connectivity index (χ0) is 13.4. The molecule has 0 spiro atoms. The van der Waals surface area contributed by atoms with E-state index in [1.54, 1.807) is 7.05 Å². The third kappa shape index (κ3) is 4.92. The van der Waals surface area contributed by atoms with E-state index >= 15 is 0 Å². The van der Waals surface area contributed by atoms with Gasteiger partial charge in [0.1, 0.15) is 0 Å². The Bertz CT molecular complexity index is 239. The minimum Gasteiger partial charge on any atom is -0.358 e. The summed E-state index contributed by atoms with van der Waals surface area (Å²) in [5, 5.41) is 2.72. The lowest BCUT2D eigenvalue weighted by atomic mass is 10.2. The topological polar surface area (TPSA) is 61.6 Å². The minimum atomic E-state index is -0.00519. The van der Waals surface area contributed by atoms with Crippen molar-refractivity contribution in [1.29, 1.82) is 0 Å². The first kappa shape index (κ1) is 15.4. The monoisotopic (exact) mass is 256 g/mol. The first-order chi connectivity index (χ1) is 8.69. The van der Waals surface area contributed by atoms with Crippen LogP contribution in [0, 0.1) is 0 Å². The fourth-order valence-electron chi connectivity index (χ4n) is 2.41. The van der Waals surface area contributed by atoms with Gasteiger partial charge in [-0.15, -0.1) is 0 Å². The third-order valence-corrected chi connectivity index (χ3v) is 3.76. The Balaban J connectivity index is 2.18. The van der Waals surface area contributed by atoms with Crippen molar-refractivity contribution in [2.45, 2.75) is 32.2 Å². The molecule has 0 aromatic rings. The van der Waals surface area contributed by atoms with Crippen molar-refractivity contribution >= 4 is 5.91 Å². The fourth-order valence-corrected chi connectivity index (χ4v) is 2.41. The van der Waals surface area contributed by atoms with E-state index in [-0.39, 0.29) is 11.9 Å². The smallest absolute Gasteiger partial charge is 0.236 e. The lowest BCUT2D eigenvalue weighted by Gasteiger charge is -2.37. The van der Waals surface area contributed by atoms with E-state index in [1.165, 1.54) is 19.4 Å². The largest absolute Gasteiger partial charge is 0.358 e. The molecule has 1 unspecified atom stereocenters. The standard InChI is InChI=1S/C13H28N4O/c1-12(13(18)15-2)17-10-8-16(9-11-17)7-5-3-4-6-14/h12H,3-11,14H2,1-2H3,(H,15,18). The second-order valence-corrected chi connectivity index (χ2v) is 5.02. The van der Waals surface area contributed by atoms with E-state index in [9.17, 15) is 4.79 Å². The minimum absolute atomic E-state index is 0.00519. The molecule has 106 valence electrons. The summed E-state index contributed by atoms with van der Waals surface area (Å²) in [6.45, 7) is 8.08. The molecular formula is C13H28N4O. The maximum absolute atomic E-state index is 11.6. The average molecular weight is 256 g/mol. The molecule has 0 bridgehead atoms. The second-order valence-electron chi connectivity index (χ2n) is 5.02. The molecule has 1 fully saturated rings. The van der Waals surface area contributed by atoms with Gasteiger partial charge in [-0.2, -0.15) is 0 Å². The average Bonchev–Trinajstić information content (AvgIpc) is 2.42. The van der Waals surface area contributed by atoms with Crippen LogP contribution in [0.25, 0.3) is 0 Å². The van der Waals surface area contributed by atoms with Gasteiger partial charge in [-0.25, -0.2) is 0 Å². The van der Waals surface area contributed by atoms with E-state index in [1.807, 2.05) is 6.92 Å². The molecule has 18 heavy (non-hydrogen) atoms. The summed E-state index contributed by atoms with van der Waals surface area (Å²) in [5.41, 5.74) is 5.48. The van der Waals surface area contributed by atoms with Gasteiger partial charge in [-0.1, -0.05) is 6.42 Å². The first-order valence-corrected chi connectivity index (χ1v) is 7.07. The molecule has 0 aromatic carbocycles. The maximum Gasteiger partial charge on any atom is 0.236 e. The van der Waals surface area contributed by atoms with Gasteiger partial charge in [0.15, 0.2) is 0 Å². The van der Waals surface area contributed by atoms with Gasteiger partial charge in [0.2, 0.25) is 5.91 Å². The summed E-state index contributed by atoms with van der Waals surface area (Å²) in [5.74, 6) is 0.117. The van der Waals surface area contributed by atoms with Crippen LogP contribution < -0.4 is 11.1 Å². The van der Waals surface area contributed by atoms with Crippen LogP contribution in [0.3, 0.4) is 0 Å². The van der Waals surface area contributed by atoms with Crippen LogP contribution in [-0.2, 0) is 4.79 Å². The molecule has 0 radical (unpaired) electrons. The summed E-state index contributed by atoms with van der Waals surface area (Å²) in [4.78, 5) is 16.3. The van der Waals surface area contributed by atoms with Gasteiger partial charge in [0.05, 0.1) is 6.04 Å². The van der Waals surface area contributed by atoms with Crippen LogP contribution >= 0.6 is 0 Å². The van der Waals surface area contributed by atoms with Crippen molar-refractivity contribution in [3.63, 3.8) is 0 Å². The fraction of sp³-hybridized carbons (Fsp3) is 0.923. The van der Waals surface area contributed by atoms with Gasteiger partial charge in [-0.05, 0) is 32.9 Å². The number of amides is 1. The van der Waals surface area contributed by atoms with Crippen LogP contribution in [0.5, 0.6) is 0 Å². The van der Waals surface area contributed by atoms with Crippen molar-refractivity contribution in [1.82, 2.24) is 15.1 Å². The van der Waals surface area contributed by atoms with Crippen molar-refractivity contribution in [3.8, 4) is 0 Å². The molecule has 5 nitrogen and oxygen atoms in total. The van der Waals surface area contributed by atoms with Gasteiger partial charge < -0.3 is 16.0 Å². The molecular weight excluding hydrogens is 228 g/mol. The molecule has 1 atom stereocenters. The predicted molar refractivity (Wildman–Crippen MR) is 74.4 cm³/mol. The highest BCUT2D eigenvalue weighted by molar-refractivity contribution is 5.80. The van der Waals surface area contributed by atoms with Crippen LogP contribution in [0.4, 0.5) is 0 Å². The van der Waals surface area contributed by atoms with Gasteiger partial charge in [0, 0.05) is 33.2 Å². The number of likely N-dealkylation sites (N-methyl/N-ethyl adjacent to an activating group) is 1. The quantitative estimate of drug-likeness (QED) is 0.623. The Morgan fingerprint density at radius 2 is 1.89 bits per heavy atom.